The van der Waals surface area contributed by atoms with Crippen LogP contribution in [0.5, 0.6) is 0 Å². The van der Waals surface area contributed by atoms with E-state index in [1.807, 2.05) is 0 Å². The van der Waals surface area contributed by atoms with Gasteiger partial charge in [-0.25, -0.2) is 0 Å². The summed E-state index contributed by atoms with van der Waals surface area (Å²) in [4.78, 5) is 0. The molecule has 0 spiro atoms. The van der Waals surface area contributed by atoms with E-state index in [1.54, 1.807) is 0 Å². The van der Waals surface area contributed by atoms with Gasteiger partial charge in [0.15, 0.2) is 0 Å². The second kappa shape index (κ2) is 5.03. The van der Waals surface area contributed by atoms with Crippen LogP contribution in [0, 0.1) is 0 Å². The molecule has 0 aromatic carbocycles. The lowest BCUT2D eigenvalue weighted by atomic mass is 9.93. The van der Waals surface area contributed by atoms with Crippen molar-refractivity contribution in [2.75, 3.05) is 13.1 Å². The van der Waals surface area contributed by atoms with Gasteiger partial charge < -0.3 is 11.1 Å². The van der Waals surface area contributed by atoms with Gasteiger partial charge in [0.25, 0.3) is 0 Å². The number of rotatable bonds is 3. The number of nitrogens with one attached hydrogen (secondary N) is 1. The monoisotopic (exact) mass is 150 g/mol. The first kappa shape index (κ1) is 9.21. The van der Waals surface area contributed by atoms with Crippen molar-refractivity contribution in [3.63, 3.8) is 0 Å². The molecular weight excluding hydrogens is 136 g/mol. The zero-order valence-corrected chi connectivity index (χ0v) is 6.41. The van der Waals surface area contributed by atoms with Crippen molar-refractivity contribution >= 4 is 12.4 Å². The maximum absolute atomic E-state index is 5.29. The first-order chi connectivity index (χ1) is 3.93. The Morgan fingerprint density at radius 3 is 2.44 bits per heavy atom. The van der Waals surface area contributed by atoms with E-state index in [-0.39, 0.29) is 12.4 Å². The third-order valence-corrected chi connectivity index (χ3v) is 1.68. The minimum atomic E-state index is 0. The maximum atomic E-state index is 5.29. The molecular formula is C6H15ClN2. The van der Waals surface area contributed by atoms with E-state index < -0.39 is 0 Å². The van der Waals surface area contributed by atoms with Crippen LogP contribution in [0.25, 0.3) is 0 Å². The lowest BCUT2D eigenvalue weighted by Crippen LogP contribution is -2.37. The quantitative estimate of drug-likeness (QED) is 0.616. The summed E-state index contributed by atoms with van der Waals surface area (Å²) in [5, 5.41) is 3.34. The van der Waals surface area contributed by atoms with Gasteiger partial charge in [-0.2, -0.15) is 0 Å². The van der Waals surface area contributed by atoms with Gasteiger partial charge in [-0.15, -0.1) is 12.4 Å². The van der Waals surface area contributed by atoms with E-state index in [4.69, 9.17) is 5.73 Å². The smallest absolute Gasteiger partial charge is 0.00770 e. The van der Waals surface area contributed by atoms with Crippen molar-refractivity contribution in [1.29, 1.82) is 0 Å². The molecule has 0 aromatic rings. The molecule has 0 bridgehead atoms. The molecule has 1 saturated carbocycles. The van der Waals surface area contributed by atoms with Crippen LogP contribution in [-0.4, -0.2) is 19.1 Å². The van der Waals surface area contributed by atoms with Crippen molar-refractivity contribution in [2.45, 2.75) is 25.3 Å². The highest BCUT2D eigenvalue weighted by Crippen LogP contribution is 2.17. The zero-order chi connectivity index (χ0) is 5.82. The van der Waals surface area contributed by atoms with Crippen LogP contribution < -0.4 is 11.1 Å². The van der Waals surface area contributed by atoms with Gasteiger partial charge in [0.2, 0.25) is 0 Å². The molecule has 0 amide bonds. The summed E-state index contributed by atoms with van der Waals surface area (Å²) in [6.07, 6.45) is 4.13. The molecule has 0 atom stereocenters. The average Bonchev–Trinajstić information content (AvgIpc) is 1.63. The Hall–Kier alpha value is 0.210. The Kier molecular flexibility index (Phi) is 5.15. The highest BCUT2D eigenvalue weighted by molar-refractivity contribution is 5.85. The summed E-state index contributed by atoms with van der Waals surface area (Å²) in [6.45, 7) is 1.77. The second-order valence-electron chi connectivity index (χ2n) is 2.37. The van der Waals surface area contributed by atoms with Gasteiger partial charge in [0, 0.05) is 19.1 Å². The fourth-order valence-corrected chi connectivity index (χ4v) is 0.900. The van der Waals surface area contributed by atoms with Crippen LogP contribution in [0.3, 0.4) is 0 Å². The van der Waals surface area contributed by atoms with Gasteiger partial charge in [-0.1, -0.05) is 6.42 Å². The third-order valence-electron chi connectivity index (χ3n) is 1.68. The standard InChI is InChI=1S/C6H14N2.ClH/c7-4-5-8-6-2-1-3-6;/h6,8H,1-5,7H2;1H. The molecule has 0 heterocycles. The van der Waals surface area contributed by atoms with E-state index in [2.05, 4.69) is 5.32 Å². The fraction of sp³-hybridized carbons (Fsp3) is 1.00. The molecule has 1 aliphatic carbocycles. The summed E-state index contributed by atoms with van der Waals surface area (Å²) >= 11 is 0. The minimum absolute atomic E-state index is 0. The van der Waals surface area contributed by atoms with Crippen LogP contribution in [0.1, 0.15) is 19.3 Å². The molecule has 56 valence electrons. The van der Waals surface area contributed by atoms with Crippen LogP contribution >= 0.6 is 12.4 Å². The normalized spacial score (nSPS) is 18.3. The molecule has 0 radical (unpaired) electrons. The molecule has 1 aliphatic rings. The number of hydrogen-bond donors (Lipinski definition) is 2. The topological polar surface area (TPSA) is 38.0 Å². The molecule has 0 saturated heterocycles. The Balaban J connectivity index is 0.000000640. The third kappa shape index (κ3) is 3.04. The van der Waals surface area contributed by atoms with Gasteiger partial charge in [-0.05, 0) is 12.8 Å². The fourth-order valence-electron chi connectivity index (χ4n) is 0.900. The van der Waals surface area contributed by atoms with E-state index in [0.717, 1.165) is 19.1 Å². The molecule has 0 unspecified atom stereocenters. The van der Waals surface area contributed by atoms with Crippen LogP contribution in [0.15, 0.2) is 0 Å². The number of hydrogen-bond acceptors (Lipinski definition) is 2. The van der Waals surface area contributed by atoms with E-state index >= 15 is 0 Å². The van der Waals surface area contributed by atoms with E-state index in [1.165, 1.54) is 19.3 Å². The van der Waals surface area contributed by atoms with Crippen molar-refractivity contribution in [2.24, 2.45) is 5.73 Å². The largest absolute Gasteiger partial charge is 0.329 e. The molecule has 1 fully saturated rings. The maximum Gasteiger partial charge on any atom is 0.00770 e. The molecule has 3 heteroatoms. The van der Waals surface area contributed by atoms with Crippen molar-refractivity contribution in [3.8, 4) is 0 Å². The lowest BCUT2D eigenvalue weighted by molar-refractivity contribution is 0.343. The molecule has 2 nitrogen and oxygen atoms in total. The SMILES string of the molecule is Cl.NCCNC1CCC1. The summed E-state index contributed by atoms with van der Waals surface area (Å²) < 4.78 is 0. The zero-order valence-electron chi connectivity index (χ0n) is 5.60. The average molecular weight is 151 g/mol. The summed E-state index contributed by atoms with van der Waals surface area (Å²) in [7, 11) is 0. The highest BCUT2D eigenvalue weighted by atomic mass is 35.5. The summed E-state index contributed by atoms with van der Waals surface area (Å²) in [5.41, 5.74) is 5.29. The van der Waals surface area contributed by atoms with Crippen LogP contribution in [-0.2, 0) is 0 Å². The predicted octanol–water partition coefficient (Wildman–Crippen LogP) is 0.509. The molecule has 3 N–H and O–H groups in total. The minimum Gasteiger partial charge on any atom is -0.329 e. The van der Waals surface area contributed by atoms with Gasteiger partial charge in [0.05, 0.1) is 0 Å². The second-order valence-corrected chi connectivity index (χ2v) is 2.37. The molecule has 0 aliphatic heterocycles. The summed E-state index contributed by atoms with van der Waals surface area (Å²) in [6, 6.07) is 0.804. The van der Waals surface area contributed by atoms with Crippen LogP contribution in [0.2, 0.25) is 0 Å². The molecule has 1 rings (SSSR count). The summed E-state index contributed by atoms with van der Waals surface area (Å²) in [5.74, 6) is 0. The molecule has 9 heavy (non-hydrogen) atoms. The van der Waals surface area contributed by atoms with Crippen LogP contribution in [0.4, 0.5) is 0 Å². The first-order valence-electron chi connectivity index (χ1n) is 3.37. The predicted molar refractivity (Wildman–Crippen MR) is 41.9 cm³/mol. The Morgan fingerprint density at radius 1 is 1.44 bits per heavy atom. The number of halogens is 1. The van der Waals surface area contributed by atoms with Gasteiger partial charge in [-0.3, -0.25) is 0 Å². The Morgan fingerprint density at radius 2 is 2.11 bits per heavy atom. The van der Waals surface area contributed by atoms with E-state index in [9.17, 15) is 0 Å². The Labute approximate surface area is 62.6 Å². The Bertz CT molecular complexity index is 64.1. The number of nitrogens with two attached hydrogens (primary N) is 1. The lowest BCUT2D eigenvalue weighted by Gasteiger charge is -2.26. The van der Waals surface area contributed by atoms with Crippen molar-refractivity contribution < 1.29 is 0 Å². The van der Waals surface area contributed by atoms with Crippen molar-refractivity contribution in [1.82, 2.24) is 5.32 Å². The van der Waals surface area contributed by atoms with E-state index in [0.29, 0.717) is 0 Å². The molecule has 0 aromatic heterocycles. The van der Waals surface area contributed by atoms with Gasteiger partial charge >= 0.3 is 0 Å². The highest BCUT2D eigenvalue weighted by Gasteiger charge is 2.14. The first-order valence-corrected chi connectivity index (χ1v) is 3.37. The van der Waals surface area contributed by atoms with Crippen molar-refractivity contribution in [3.05, 3.63) is 0 Å². The van der Waals surface area contributed by atoms with Gasteiger partial charge in [0.1, 0.15) is 0 Å².